The molecule has 1 aliphatic rings. The van der Waals surface area contributed by atoms with Gasteiger partial charge in [0.25, 0.3) is 0 Å². The first-order valence-corrected chi connectivity index (χ1v) is 6.21. The molecule has 0 saturated heterocycles. The Kier molecular flexibility index (Phi) is 2.82. The van der Waals surface area contributed by atoms with Gasteiger partial charge in [0.05, 0.1) is 11.4 Å². The molecule has 0 aromatic carbocycles. The van der Waals surface area contributed by atoms with Crippen LogP contribution in [0.4, 0.5) is 0 Å². The van der Waals surface area contributed by atoms with E-state index < -0.39 is 0 Å². The standard InChI is InChI=1S/C13H23N3/c1-9(14)11-7-12(13(2,3)4)15-16(11)8-10-5-6-10/h7,9-10H,5-6,8,14H2,1-4H3/t9-/m1/s1. The highest BCUT2D eigenvalue weighted by molar-refractivity contribution is 5.19. The van der Waals surface area contributed by atoms with Crippen molar-refractivity contribution < 1.29 is 0 Å². The molecule has 1 fully saturated rings. The minimum atomic E-state index is 0.0716. The molecule has 90 valence electrons. The van der Waals surface area contributed by atoms with Crippen LogP contribution in [0.5, 0.6) is 0 Å². The highest BCUT2D eigenvalue weighted by atomic mass is 15.3. The summed E-state index contributed by atoms with van der Waals surface area (Å²) in [7, 11) is 0. The second kappa shape index (κ2) is 3.88. The Hall–Kier alpha value is -0.830. The Balaban J connectivity index is 2.29. The zero-order valence-corrected chi connectivity index (χ0v) is 10.8. The SMILES string of the molecule is C[C@@H](N)c1cc(C(C)(C)C)nn1CC1CC1. The number of nitrogens with two attached hydrogens (primary N) is 1. The van der Waals surface area contributed by atoms with Gasteiger partial charge in [0.15, 0.2) is 0 Å². The second-order valence-corrected chi connectivity index (χ2v) is 6.12. The zero-order chi connectivity index (χ0) is 11.9. The van der Waals surface area contributed by atoms with Gasteiger partial charge in [-0.3, -0.25) is 4.68 Å². The van der Waals surface area contributed by atoms with Crippen LogP contribution in [0.1, 0.15) is 58.0 Å². The molecule has 2 rings (SSSR count). The summed E-state index contributed by atoms with van der Waals surface area (Å²) in [5.74, 6) is 0.838. The Morgan fingerprint density at radius 3 is 2.56 bits per heavy atom. The second-order valence-electron chi connectivity index (χ2n) is 6.12. The average Bonchev–Trinajstić information content (AvgIpc) is 2.80. The molecule has 1 aromatic heterocycles. The highest BCUT2D eigenvalue weighted by Crippen LogP contribution is 2.32. The Morgan fingerprint density at radius 2 is 2.12 bits per heavy atom. The highest BCUT2D eigenvalue weighted by Gasteiger charge is 2.26. The van der Waals surface area contributed by atoms with Gasteiger partial charge in [-0.25, -0.2) is 0 Å². The summed E-state index contributed by atoms with van der Waals surface area (Å²) >= 11 is 0. The van der Waals surface area contributed by atoms with Crippen molar-refractivity contribution in [1.82, 2.24) is 9.78 Å². The van der Waals surface area contributed by atoms with Crippen LogP contribution in [-0.4, -0.2) is 9.78 Å². The predicted octanol–water partition coefficient (Wildman–Crippen LogP) is 2.61. The smallest absolute Gasteiger partial charge is 0.0681 e. The molecular formula is C13H23N3. The van der Waals surface area contributed by atoms with Gasteiger partial charge >= 0.3 is 0 Å². The molecular weight excluding hydrogens is 198 g/mol. The van der Waals surface area contributed by atoms with Gasteiger partial charge in [0, 0.05) is 18.0 Å². The van der Waals surface area contributed by atoms with Gasteiger partial charge in [0.1, 0.15) is 0 Å². The van der Waals surface area contributed by atoms with Crippen LogP contribution < -0.4 is 5.73 Å². The Labute approximate surface area is 98.0 Å². The summed E-state index contributed by atoms with van der Waals surface area (Å²) in [5, 5.41) is 4.72. The summed E-state index contributed by atoms with van der Waals surface area (Å²) in [5.41, 5.74) is 8.45. The van der Waals surface area contributed by atoms with Crippen molar-refractivity contribution in [2.45, 2.75) is 58.5 Å². The third-order valence-electron chi connectivity index (χ3n) is 3.17. The quantitative estimate of drug-likeness (QED) is 0.852. The van der Waals surface area contributed by atoms with Crippen molar-refractivity contribution in [2.24, 2.45) is 11.7 Å². The van der Waals surface area contributed by atoms with Gasteiger partial charge < -0.3 is 5.73 Å². The zero-order valence-electron chi connectivity index (χ0n) is 10.8. The molecule has 1 aromatic rings. The van der Waals surface area contributed by atoms with E-state index in [1.165, 1.54) is 18.5 Å². The summed E-state index contributed by atoms with van der Waals surface area (Å²) < 4.78 is 2.13. The third kappa shape index (κ3) is 2.46. The molecule has 0 spiro atoms. The number of nitrogens with zero attached hydrogens (tertiary/aromatic N) is 2. The maximum atomic E-state index is 6.01. The molecule has 1 atom stereocenters. The van der Waals surface area contributed by atoms with E-state index in [0.29, 0.717) is 0 Å². The molecule has 0 amide bonds. The Bertz CT molecular complexity index is 367. The van der Waals surface area contributed by atoms with Crippen molar-refractivity contribution >= 4 is 0 Å². The van der Waals surface area contributed by atoms with Crippen molar-refractivity contribution in [1.29, 1.82) is 0 Å². The van der Waals surface area contributed by atoms with E-state index in [4.69, 9.17) is 10.8 Å². The molecule has 0 radical (unpaired) electrons. The maximum absolute atomic E-state index is 6.01. The van der Waals surface area contributed by atoms with Gasteiger partial charge in [-0.2, -0.15) is 5.10 Å². The van der Waals surface area contributed by atoms with Crippen LogP contribution in [0.3, 0.4) is 0 Å². The molecule has 3 heteroatoms. The first-order valence-electron chi connectivity index (χ1n) is 6.21. The number of hydrogen-bond donors (Lipinski definition) is 1. The van der Waals surface area contributed by atoms with Crippen molar-refractivity contribution in [3.05, 3.63) is 17.5 Å². The van der Waals surface area contributed by atoms with Crippen LogP contribution in [-0.2, 0) is 12.0 Å². The van der Waals surface area contributed by atoms with Crippen molar-refractivity contribution in [3.8, 4) is 0 Å². The lowest BCUT2D eigenvalue weighted by Crippen LogP contribution is -2.15. The minimum absolute atomic E-state index is 0.0716. The largest absolute Gasteiger partial charge is 0.323 e. The van der Waals surface area contributed by atoms with Crippen LogP contribution in [0.25, 0.3) is 0 Å². The lowest BCUT2D eigenvalue weighted by atomic mass is 9.92. The predicted molar refractivity (Wildman–Crippen MR) is 66.3 cm³/mol. The van der Waals surface area contributed by atoms with E-state index >= 15 is 0 Å². The molecule has 1 saturated carbocycles. The Morgan fingerprint density at radius 1 is 1.50 bits per heavy atom. The lowest BCUT2D eigenvalue weighted by Gasteiger charge is -2.14. The van der Waals surface area contributed by atoms with E-state index in [2.05, 4.69) is 31.5 Å². The third-order valence-corrected chi connectivity index (χ3v) is 3.17. The molecule has 1 heterocycles. The number of hydrogen-bond acceptors (Lipinski definition) is 2. The fourth-order valence-electron chi connectivity index (χ4n) is 1.86. The number of aromatic nitrogens is 2. The number of rotatable bonds is 3. The van der Waals surface area contributed by atoms with Gasteiger partial charge in [-0.05, 0) is 31.7 Å². The van der Waals surface area contributed by atoms with E-state index in [-0.39, 0.29) is 11.5 Å². The first-order chi connectivity index (χ1) is 7.38. The van der Waals surface area contributed by atoms with Crippen molar-refractivity contribution in [3.63, 3.8) is 0 Å². The fraction of sp³-hybridized carbons (Fsp3) is 0.769. The summed E-state index contributed by atoms with van der Waals surface area (Å²) in [4.78, 5) is 0. The topological polar surface area (TPSA) is 43.8 Å². The maximum Gasteiger partial charge on any atom is 0.0681 e. The summed E-state index contributed by atoms with van der Waals surface area (Å²) in [6, 6.07) is 2.25. The minimum Gasteiger partial charge on any atom is -0.323 e. The average molecular weight is 221 g/mol. The van der Waals surface area contributed by atoms with Crippen molar-refractivity contribution in [2.75, 3.05) is 0 Å². The lowest BCUT2D eigenvalue weighted by molar-refractivity contribution is 0.495. The van der Waals surface area contributed by atoms with Crippen LogP contribution in [0.15, 0.2) is 6.07 Å². The first kappa shape index (κ1) is 11.6. The van der Waals surface area contributed by atoms with E-state index in [9.17, 15) is 0 Å². The molecule has 2 N–H and O–H groups in total. The molecule has 16 heavy (non-hydrogen) atoms. The molecule has 0 unspecified atom stereocenters. The summed E-state index contributed by atoms with van der Waals surface area (Å²) in [6.45, 7) is 9.67. The molecule has 3 nitrogen and oxygen atoms in total. The summed E-state index contributed by atoms with van der Waals surface area (Å²) in [6.07, 6.45) is 2.70. The van der Waals surface area contributed by atoms with Crippen LogP contribution in [0, 0.1) is 5.92 Å². The normalized spacial score (nSPS) is 18.8. The van der Waals surface area contributed by atoms with E-state index in [1.54, 1.807) is 0 Å². The molecule has 1 aliphatic carbocycles. The van der Waals surface area contributed by atoms with Crippen LogP contribution in [0.2, 0.25) is 0 Å². The van der Waals surface area contributed by atoms with Crippen LogP contribution >= 0.6 is 0 Å². The van der Waals surface area contributed by atoms with Gasteiger partial charge in [0.2, 0.25) is 0 Å². The van der Waals surface area contributed by atoms with Gasteiger partial charge in [-0.1, -0.05) is 20.8 Å². The van der Waals surface area contributed by atoms with E-state index in [0.717, 1.165) is 18.2 Å². The molecule has 0 aliphatic heterocycles. The fourth-order valence-corrected chi connectivity index (χ4v) is 1.86. The molecule has 0 bridgehead atoms. The monoisotopic (exact) mass is 221 g/mol. The van der Waals surface area contributed by atoms with Gasteiger partial charge in [-0.15, -0.1) is 0 Å². The van der Waals surface area contributed by atoms with E-state index in [1.807, 2.05) is 6.92 Å².